The molecule has 6 aromatic rings. The second-order valence-electron chi connectivity index (χ2n) is 17.8. The Labute approximate surface area is 352 Å². The lowest BCUT2D eigenvalue weighted by Crippen LogP contribution is -2.22. The number of nitrogens with zero attached hydrogens (tertiary/aromatic N) is 4. The fourth-order valence-corrected chi connectivity index (χ4v) is 10.2. The zero-order chi connectivity index (χ0) is 41.3. The van der Waals surface area contributed by atoms with E-state index in [0.29, 0.717) is 34.8 Å². The van der Waals surface area contributed by atoms with Gasteiger partial charge in [-0.05, 0) is 171 Å². The predicted octanol–water partition coefficient (Wildman–Crippen LogP) is 9.16. The van der Waals surface area contributed by atoms with Gasteiger partial charge in [-0.15, -0.1) is 0 Å². The van der Waals surface area contributed by atoms with Crippen LogP contribution in [0, 0.1) is 11.8 Å². The van der Waals surface area contributed by atoms with Crippen molar-refractivity contribution in [2.45, 2.75) is 113 Å². The fourth-order valence-electron chi connectivity index (χ4n) is 10.2. The van der Waals surface area contributed by atoms with Crippen LogP contribution in [-0.4, -0.2) is 54.9 Å². The number of imidazole rings is 2. The SMILES string of the molecule is CNC(=O)c1ccc(C2CCC([C@@H](O)c3c(C4CC4)ccc4cncn34)CC2)cc1.CNC(=O)c1ccc(C2CCC([C@H](O)c3c(C4CC4)ccc4cncn34)CC2)cc1. The molecule has 10 rings (SSSR count). The van der Waals surface area contributed by atoms with Gasteiger partial charge in [-0.1, -0.05) is 36.4 Å². The number of hydrogen-bond acceptors (Lipinski definition) is 6. The molecule has 4 aliphatic rings. The first-order valence-electron chi connectivity index (χ1n) is 22.2. The lowest BCUT2D eigenvalue weighted by Gasteiger charge is -2.33. The van der Waals surface area contributed by atoms with Crippen molar-refractivity contribution >= 4 is 22.8 Å². The zero-order valence-electron chi connectivity index (χ0n) is 34.8. The summed E-state index contributed by atoms with van der Waals surface area (Å²) in [5.41, 5.74) is 10.8. The van der Waals surface area contributed by atoms with Crippen LogP contribution in [0.3, 0.4) is 0 Å². The fraction of sp³-hybridized carbons (Fsp3) is 0.440. The van der Waals surface area contributed by atoms with Crippen LogP contribution in [0.25, 0.3) is 11.0 Å². The molecule has 0 spiro atoms. The molecule has 0 bridgehead atoms. The van der Waals surface area contributed by atoms with Crippen molar-refractivity contribution in [2.24, 2.45) is 11.8 Å². The molecular formula is C50H58N6O4. The van der Waals surface area contributed by atoms with Gasteiger partial charge in [0.15, 0.2) is 0 Å². The van der Waals surface area contributed by atoms with E-state index in [9.17, 15) is 19.8 Å². The quantitative estimate of drug-likeness (QED) is 0.109. The highest BCUT2D eigenvalue weighted by molar-refractivity contribution is 5.94. The Bertz CT molecular complexity index is 2260. The Morgan fingerprint density at radius 3 is 1.20 bits per heavy atom. The van der Waals surface area contributed by atoms with Gasteiger partial charge < -0.3 is 29.6 Å². The van der Waals surface area contributed by atoms with Crippen molar-refractivity contribution < 1.29 is 19.8 Å². The Kier molecular flexibility index (Phi) is 11.6. The summed E-state index contributed by atoms with van der Waals surface area (Å²) in [5.74, 6) is 2.64. The molecule has 2 aromatic carbocycles. The normalized spacial score (nSPS) is 22.7. The second kappa shape index (κ2) is 17.3. The van der Waals surface area contributed by atoms with Gasteiger partial charge in [0.25, 0.3) is 11.8 Å². The molecule has 10 heteroatoms. The molecule has 4 N–H and O–H groups in total. The standard InChI is InChI=1S/2C25H29N3O2/c2*1-26-25(30)20-10-4-17(5-11-20)16-2-8-19(9-3-16)24(29)23-22(18-6-7-18)13-12-21-14-27-15-28(21)23/h2*4-5,10-16,18-19,24,29H,2-3,6-9H2,1H3,(H,26,30)/t2*16?,19?,24-/m10/s1. The average Bonchev–Trinajstić information content (AvgIpc) is 4.24. The van der Waals surface area contributed by atoms with E-state index in [-0.39, 0.29) is 23.7 Å². The van der Waals surface area contributed by atoms with E-state index in [4.69, 9.17) is 0 Å². The van der Waals surface area contributed by atoms with Gasteiger partial charge in [0.1, 0.15) is 0 Å². The summed E-state index contributed by atoms with van der Waals surface area (Å²) >= 11 is 0. The third kappa shape index (κ3) is 8.24. The maximum Gasteiger partial charge on any atom is 0.251 e. The molecule has 0 unspecified atom stereocenters. The minimum Gasteiger partial charge on any atom is -0.387 e. The minimum absolute atomic E-state index is 0.0477. The van der Waals surface area contributed by atoms with Gasteiger partial charge >= 0.3 is 0 Å². The van der Waals surface area contributed by atoms with Gasteiger partial charge in [0.05, 0.1) is 59.7 Å². The smallest absolute Gasteiger partial charge is 0.251 e. The molecular weight excluding hydrogens is 749 g/mol. The summed E-state index contributed by atoms with van der Waals surface area (Å²) in [6.07, 6.45) is 19.7. The Morgan fingerprint density at radius 2 is 0.867 bits per heavy atom. The predicted molar refractivity (Wildman–Crippen MR) is 233 cm³/mol. The van der Waals surface area contributed by atoms with Gasteiger partial charge in [-0.25, -0.2) is 9.97 Å². The maximum atomic E-state index is 11.8. The summed E-state index contributed by atoms with van der Waals surface area (Å²) in [5, 5.41) is 28.2. The number of aliphatic hydroxyl groups is 2. The molecule has 4 aromatic heterocycles. The van der Waals surface area contributed by atoms with Crippen molar-refractivity contribution in [3.05, 3.63) is 143 Å². The third-order valence-corrected chi connectivity index (χ3v) is 14.1. The number of amides is 2. The first kappa shape index (κ1) is 40.1. The first-order chi connectivity index (χ1) is 29.3. The molecule has 4 aliphatic carbocycles. The lowest BCUT2D eigenvalue weighted by molar-refractivity contribution is 0.0753. The molecule has 0 aliphatic heterocycles. The lowest BCUT2D eigenvalue weighted by atomic mass is 9.75. The summed E-state index contributed by atoms with van der Waals surface area (Å²) in [6.45, 7) is 0. The Hall–Kier alpha value is -5.32. The molecule has 4 saturated carbocycles. The van der Waals surface area contributed by atoms with Gasteiger partial charge in [0, 0.05) is 25.2 Å². The number of nitrogens with one attached hydrogen (secondary N) is 2. The number of aliphatic hydroxyl groups excluding tert-OH is 2. The van der Waals surface area contributed by atoms with E-state index in [0.717, 1.165) is 73.8 Å². The number of hydrogen-bond donors (Lipinski definition) is 4. The highest BCUT2D eigenvalue weighted by atomic mass is 16.3. The summed E-state index contributed by atoms with van der Waals surface area (Å²) in [6, 6.07) is 24.6. The van der Waals surface area contributed by atoms with Crippen LogP contribution < -0.4 is 10.6 Å². The Balaban J connectivity index is 0.000000154. The summed E-state index contributed by atoms with van der Waals surface area (Å²) < 4.78 is 4.20. The maximum absolute atomic E-state index is 11.8. The number of rotatable bonds is 10. The van der Waals surface area contributed by atoms with Crippen LogP contribution in [0.2, 0.25) is 0 Å². The van der Waals surface area contributed by atoms with Crippen LogP contribution in [0.5, 0.6) is 0 Å². The Morgan fingerprint density at radius 1 is 0.517 bits per heavy atom. The molecule has 312 valence electrons. The van der Waals surface area contributed by atoms with Gasteiger partial charge in [0.2, 0.25) is 0 Å². The molecule has 10 nitrogen and oxygen atoms in total. The average molecular weight is 807 g/mol. The highest BCUT2D eigenvalue weighted by Crippen LogP contribution is 2.48. The molecule has 60 heavy (non-hydrogen) atoms. The van der Waals surface area contributed by atoms with E-state index in [1.165, 1.54) is 47.9 Å². The monoisotopic (exact) mass is 806 g/mol. The summed E-state index contributed by atoms with van der Waals surface area (Å²) in [7, 11) is 3.31. The van der Waals surface area contributed by atoms with E-state index in [2.05, 4.69) is 77.9 Å². The summed E-state index contributed by atoms with van der Waals surface area (Å²) in [4.78, 5) is 32.1. The zero-order valence-corrected chi connectivity index (χ0v) is 34.8. The van der Waals surface area contributed by atoms with Crippen LogP contribution in [-0.2, 0) is 0 Å². The first-order valence-corrected chi connectivity index (χ1v) is 22.2. The number of fused-ring (bicyclic) bond motifs is 2. The second-order valence-corrected chi connectivity index (χ2v) is 17.8. The molecule has 2 atom stereocenters. The van der Waals surface area contributed by atoms with Crippen LogP contribution in [0.15, 0.2) is 97.8 Å². The van der Waals surface area contributed by atoms with Crippen molar-refractivity contribution in [1.82, 2.24) is 29.4 Å². The van der Waals surface area contributed by atoms with Crippen LogP contribution in [0.4, 0.5) is 0 Å². The van der Waals surface area contributed by atoms with Crippen LogP contribution in [0.1, 0.15) is 167 Å². The van der Waals surface area contributed by atoms with Crippen LogP contribution >= 0.6 is 0 Å². The van der Waals surface area contributed by atoms with Gasteiger partial charge in [-0.3, -0.25) is 9.59 Å². The molecule has 0 saturated heterocycles. The molecule has 4 fully saturated rings. The number of aromatic nitrogens is 4. The van der Waals surface area contributed by atoms with Crippen molar-refractivity contribution in [3.8, 4) is 0 Å². The topological polar surface area (TPSA) is 133 Å². The highest BCUT2D eigenvalue weighted by Gasteiger charge is 2.36. The van der Waals surface area contributed by atoms with Crippen molar-refractivity contribution in [2.75, 3.05) is 14.1 Å². The minimum atomic E-state index is -0.449. The number of carbonyl (C=O) groups excluding carboxylic acids is 2. The molecule has 2 amide bonds. The number of pyridine rings is 2. The number of benzene rings is 2. The van der Waals surface area contributed by atoms with Crippen molar-refractivity contribution in [1.29, 1.82) is 0 Å². The van der Waals surface area contributed by atoms with Crippen molar-refractivity contribution in [3.63, 3.8) is 0 Å². The van der Waals surface area contributed by atoms with E-state index in [1.807, 2.05) is 49.3 Å². The van der Waals surface area contributed by atoms with E-state index in [1.54, 1.807) is 14.1 Å². The van der Waals surface area contributed by atoms with E-state index >= 15 is 0 Å². The van der Waals surface area contributed by atoms with Gasteiger partial charge in [-0.2, -0.15) is 0 Å². The number of carbonyl (C=O) groups is 2. The third-order valence-electron chi connectivity index (χ3n) is 14.1. The molecule has 0 radical (unpaired) electrons. The molecule has 4 heterocycles. The largest absolute Gasteiger partial charge is 0.387 e. The van der Waals surface area contributed by atoms with E-state index < -0.39 is 12.2 Å².